The molecule has 12 nitrogen and oxygen atoms in total. The summed E-state index contributed by atoms with van der Waals surface area (Å²) in [6, 6.07) is -3.73. The molecule has 0 aromatic rings. The minimum Gasteiger partial charge on any atom is -0.481 e. The van der Waals surface area contributed by atoms with Gasteiger partial charge in [-0.1, -0.05) is 58.6 Å². The first-order valence-electron chi connectivity index (χ1n) is 13.2. The zero-order chi connectivity index (χ0) is 30.8. The van der Waals surface area contributed by atoms with Gasteiger partial charge in [0.2, 0.25) is 17.7 Å². The number of ether oxygens (including phenoxy) is 1. The van der Waals surface area contributed by atoms with Crippen molar-refractivity contribution < 1.29 is 38.6 Å². The Morgan fingerprint density at radius 3 is 1.85 bits per heavy atom. The van der Waals surface area contributed by atoms with Crippen molar-refractivity contribution in [2.75, 3.05) is 13.2 Å². The van der Waals surface area contributed by atoms with Crippen molar-refractivity contribution in [3.8, 4) is 0 Å². The standard InChI is InChI=1S/C28H44N4O8/c1-8-10-11-20(9-2)16-40-28(39)32-22(13-18(5)6)26(37)31-23(14-24(34)35)27(38)30-21(12-17(3)4)25(36)29-15-19(7)33/h8-11,17-18,21-23H,2,12-16H2,1,3-7H3,(H,29,36)(H,30,38)(H,31,37)(H,32,39)(H,34,35)/b10-8-,20-11+/t21-,22-,23-/m0/s1. The molecular weight excluding hydrogens is 520 g/mol. The topological polar surface area (TPSA) is 180 Å². The van der Waals surface area contributed by atoms with E-state index >= 15 is 0 Å². The summed E-state index contributed by atoms with van der Waals surface area (Å²) in [5.74, 6) is -4.02. The largest absolute Gasteiger partial charge is 0.481 e. The van der Waals surface area contributed by atoms with Crippen molar-refractivity contribution in [3.05, 3.63) is 36.5 Å². The summed E-state index contributed by atoms with van der Waals surface area (Å²) in [6.45, 7) is 13.7. The Labute approximate surface area is 236 Å². The minimum atomic E-state index is -1.54. The van der Waals surface area contributed by atoms with Gasteiger partial charge in [-0.3, -0.25) is 24.0 Å². The first-order valence-corrected chi connectivity index (χ1v) is 13.2. The number of ketones is 1. The lowest BCUT2D eigenvalue weighted by atomic mass is 10.0. The van der Waals surface area contributed by atoms with Crippen LogP contribution < -0.4 is 21.3 Å². The van der Waals surface area contributed by atoms with Crippen molar-refractivity contribution in [2.24, 2.45) is 11.8 Å². The summed E-state index contributed by atoms with van der Waals surface area (Å²) in [5, 5.41) is 19.1. The summed E-state index contributed by atoms with van der Waals surface area (Å²) < 4.78 is 5.18. The molecule has 0 aliphatic heterocycles. The average molecular weight is 565 g/mol. The van der Waals surface area contributed by atoms with E-state index in [0.29, 0.717) is 5.57 Å². The summed E-state index contributed by atoms with van der Waals surface area (Å²) >= 11 is 0. The molecule has 0 bridgehead atoms. The number of aliphatic carboxylic acids is 1. The Morgan fingerprint density at radius 2 is 1.38 bits per heavy atom. The predicted molar refractivity (Wildman–Crippen MR) is 150 cm³/mol. The smallest absolute Gasteiger partial charge is 0.408 e. The number of amides is 4. The molecule has 0 spiro atoms. The van der Waals surface area contributed by atoms with Gasteiger partial charge in [0.05, 0.1) is 13.0 Å². The van der Waals surface area contributed by atoms with Gasteiger partial charge in [-0.15, -0.1) is 0 Å². The van der Waals surface area contributed by atoms with Gasteiger partial charge in [-0.25, -0.2) is 4.79 Å². The molecule has 0 heterocycles. The van der Waals surface area contributed by atoms with E-state index in [0.717, 1.165) is 0 Å². The van der Waals surface area contributed by atoms with Crippen LogP contribution in [0, 0.1) is 11.8 Å². The molecule has 0 radical (unpaired) electrons. The number of hydrogen-bond donors (Lipinski definition) is 5. The maximum atomic E-state index is 13.1. The molecule has 0 saturated carbocycles. The van der Waals surface area contributed by atoms with E-state index in [-0.39, 0.29) is 43.6 Å². The zero-order valence-electron chi connectivity index (χ0n) is 24.2. The Balaban J connectivity index is 5.66. The van der Waals surface area contributed by atoms with E-state index in [2.05, 4.69) is 27.8 Å². The van der Waals surface area contributed by atoms with Crippen LogP contribution in [0.25, 0.3) is 0 Å². The van der Waals surface area contributed by atoms with E-state index in [9.17, 15) is 33.9 Å². The van der Waals surface area contributed by atoms with Gasteiger partial charge in [-0.05, 0) is 44.1 Å². The second-order valence-electron chi connectivity index (χ2n) is 10.1. The molecule has 0 aromatic carbocycles. The highest BCUT2D eigenvalue weighted by molar-refractivity contribution is 5.96. The molecule has 0 aromatic heterocycles. The van der Waals surface area contributed by atoms with E-state index in [1.807, 2.05) is 34.6 Å². The second-order valence-corrected chi connectivity index (χ2v) is 10.1. The third kappa shape index (κ3) is 16.1. The van der Waals surface area contributed by atoms with Crippen LogP contribution in [0.1, 0.15) is 60.8 Å². The lowest BCUT2D eigenvalue weighted by Crippen LogP contribution is -2.57. The van der Waals surface area contributed by atoms with Gasteiger partial charge < -0.3 is 31.1 Å². The van der Waals surface area contributed by atoms with Crippen LogP contribution in [0.5, 0.6) is 0 Å². The van der Waals surface area contributed by atoms with Crippen molar-refractivity contribution in [2.45, 2.75) is 78.9 Å². The number of alkyl carbamates (subject to hydrolysis) is 1. The average Bonchev–Trinajstić information content (AvgIpc) is 2.85. The Kier molecular flexibility index (Phi) is 17.3. The van der Waals surface area contributed by atoms with Crippen molar-refractivity contribution in [1.29, 1.82) is 0 Å². The van der Waals surface area contributed by atoms with Gasteiger partial charge in [0, 0.05) is 0 Å². The Morgan fingerprint density at radius 1 is 0.850 bits per heavy atom. The van der Waals surface area contributed by atoms with E-state index < -0.39 is 54.3 Å². The number of carbonyl (C=O) groups is 6. The molecule has 4 amide bonds. The third-order valence-electron chi connectivity index (χ3n) is 5.31. The fraction of sp³-hybridized carbons (Fsp3) is 0.571. The number of nitrogens with one attached hydrogen (secondary N) is 4. The van der Waals surface area contributed by atoms with Gasteiger partial charge in [-0.2, -0.15) is 0 Å². The molecule has 12 heteroatoms. The van der Waals surface area contributed by atoms with Crippen LogP contribution in [0.15, 0.2) is 36.5 Å². The molecule has 0 aliphatic carbocycles. The molecule has 0 saturated heterocycles. The number of hydrogen-bond acceptors (Lipinski definition) is 7. The monoisotopic (exact) mass is 564 g/mol. The molecule has 0 rings (SSSR count). The van der Waals surface area contributed by atoms with Crippen LogP contribution in [-0.4, -0.2) is 72.0 Å². The third-order valence-corrected chi connectivity index (χ3v) is 5.31. The number of Topliss-reactive ketones (excluding diaryl/α,β-unsaturated/α-hetero) is 1. The van der Waals surface area contributed by atoms with Crippen LogP contribution in [0.3, 0.4) is 0 Å². The highest BCUT2D eigenvalue weighted by Gasteiger charge is 2.32. The Bertz CT molecular complexity index is 971. The van der Waals surface area contributed by atoms with E-state index in [1.54, 1.807) is 18.2 Å². The molecule has 40 heavy (non-hydrogen) atoms. The molecule has 0 fully saturated rings. The number of rotatable bonds is 18. The zero-order valence-corrected chi connectivity index (χ0v) is 24.2. The van der Waals surface area contributed by atoms with Crippen LogP contribution in [0.4, 0.5) is 4.79 Å². The molecule has 224 valence electrons. The number of carbonyl (C=O) groups excluding carboxylic acids is 5. The van der Waals surface area contributed by atoms with E-state index in [1.165, 1.54) is 13.0 Å². The summed E-state index contributed by atoms with van der Waals surface area (Å²) in [7, 11) is 0. The first-order chi connectivity index (χ1) is 18.7. The maximum Gasteiger partial charge on any atom is 0.408 e. The lowest BCUT2D eigenvalue weighted by molar-refractivity contribution is -0.141. The fourth-order valence-corrected chi connectivity index (χ4v) is 3.40. The normalized spacial score (nSPS) is 13.8. The lowest BCUT2D eigenvalue weighted by Gasteiger charge is -2.25. The molecule has 5 N–H and O–H groups in total. The van der Waals surface area contributed by atoms with Gasteiger partial charge in [0.25, 0.3) is 0 Å². The first kappa shape index (κ1) is 36.0. The highest BCUT2D eigenvalue weighted by Crippen LogP contribution is 2.09. The summed E-state index contributed by atoms with van der Waals surface area (Å²) in [4.78, 5) is 73.9. The number of carboxylic acid groups (broad SMARTS) is 1. The molecule has 3 atom stereocenters. The van der Waals surface area contributed by atoms with Gasteiger partial charge in [0.1, 0.15) is 30.5 Å². The maximum absolute atomic E-state index is 13.1. The SMILES string of the molecule is C=C/C(=C\C=C/C)COC(=O)N[C@@H](CC(C)C)C(=O)N[C@@H](CC(=O)O)C(=O)N[C@@H](CC(C)C)C(=O)NCC(C)=O. The fourth-order valence-electron chi connectivity index (χ4n) is 3.40. The highest BCUT2D eigenvalue weighted by atomic mass is 16.5. The number of allylic oxidation sites excluding steroid dienone is 3. The van der Waals surface area contributed by atoms with Crippen LogP contribution in [-0.2, 0) is 28.7 Å². The van der Waals surface area contributed by atoms with Gasteiger partial charge >= 0.3 is 12.1 Å². The van der Waals surface area contributed by atoms with Gasteiger partial charge in [0.15, 0.2) is 0 Å². The quantitative estimate of drug-likeness (QED) is 0.157. The molecular formula is C28H44N4O8. The van der Waals surface area contributed by atoms with Crippen molar-refractivity contribution in [3.63, 3.8) is 0 Å². The van der Waals surface area contributed by atoms with Crippen LogP contribution >= 0.6 is 0 Å². The molecule has 0 unspecified atom stereocenters. The summed E-state index contributed by atoms with van der Waals surface area (Å²) in [5.41, 5.74) is 0.625. The van der Waals surface area contributed by atoms with Crippen molar-refractivity contribution in [1.82, 2.24) is 21.3 Å². The van der Waals surface area contributed by atoms with Crippen molar-refractivity contribution >= 4 is 35.6 Å². The summed E-state index contributed by atoms with van der Waals surface area (Å²) in [6.07, 6.45) is 5.51. The minimum absolute atomic E-state index is 0.0269. The van der Waals surface area contributed by atoms with Crippen LogP contribution in [0.2, 0.25) is 0 Å². The van der Waals surface area contributed by atoms with E-state index in [4.69, 9.17) is 4.74 Å². The second kappa shape index (κ2) is 19.2. The number of carboxylic acids is 1. The molecule has 0 aliphatic rings. The predicted octanol–water partition coefficient (Wildman–Crippen LogP) is 2.01. The Hall–Kier alpha value is -3.96.